The highest BCUT2D eigenvalue weighted by Crippen LogP contribution is 2.25. The van der Waals surface area contributed by atoms with Crippen LogP contribution in [0.1, 0.15) is 32.2 Å². The van der Waals surface area contributed by atoms with Crippen molar-refractivity contribution in [1.82, 2.24) is 9.97 Å². The molecule has 0 saturated carbocycles. The van der Waals surface area contributed by atoms with E-state index in [1.165, 1.54) is 5.56 Å². The lowest BCUT2D eigenvalue weighted by Gasteiger charge is -2.18. The van der Waals surface area contributed by atoms with E-state index in [-0.39, 0.29) is 5.41 Å². The molecule has 2 rings (SSSR count). The molecule has 0 bridgehead atoms. The smallest absolute Gasteiger partial charge is 0.160 e. The number of nitrogens with two attached hydrogens (primary N) is 1. The maximum Gasteiger partial charge on any atom is 0.160 e. The van der Waals surface area contributed by atoms with E-state index >= 15 is 0 Å². The van der Waals surface area contributed by atoms with Gasteiger partial charge in [0.15, 0.2) is 5.82 Å². The van der Waals surface area contributed by atoms with Crippen LogP contribution in [0.4, 0.5) is 0 Å². The van der Waals surface area contributed by atoms with E-state index < -0.39 is 0 Å². The van der Waals surface area contributed by atoms with Crippen molar-refractivity contribution in [3.8, 4) is 0 Å². The minimum atomic E-state index is 0.0961. The summed E-state index contributed by atoms with van der Waals surface area (Å²) >= 11 is 0. The van der Waals surface area contributed by atoms with E-state index in [4.69, 9.17) is 5.73 Å². The highest BCUT2D eigenvalue weighted by Gasteiger charge is 2.16. The molecular formula is C15H21N5. The lowest BCUT2D eigenvalue weighted by molar-refractivity contribution is 0.591. The monoisotopic (exact) mass is 271 g/mol. The second-order valence-electron chi connectivity index (χ2n) is 5.75. The Morgan fingerprint density at radius 3 is 2.45 bits per heavy atom. The van der Waals surface area contributed by atoms with Crippen molar-refractivity contribution in [2.45, 2.75) is 26.2 Å². The van der Waals surface area contributed by atoms with Gasteiger partial charge in [-0.25, -0.2) is 4.98 Å². The molecule has 0 atom stereocenters. The van der Waals surface area contributed by atoms with Gasteiger partial charge in [0.05, 0.1) is 11.0 Å². The van der Waals surface area contributed by atoms with Crippen molar-refractivity contribution in [3.05, 3.63) is 29.6 Å². The van der Waals surface area contributed by atoms with Crippen molar-refractivity contribution in [2.24, 2.45) is 15.7 Å². The van der Waals surface area contributed by atoms with Gasteiger partial charge in [-0.2, -0.15) is 0 Å². The van der Waals surface area contributed by atoms with Gasteiger partial charge in [-0.15, -0.1) is 0 Å². The van der Waals surface area contributed by atoms with Crippen molar-refractivity contribution in [2.75, 3.05) is 14.1 Å². The topological polar surface area (TPSA) is 79.4 Å². The quantitative estimate of drug-likeness (QED) is 0.649. The first kappa shape index (κ1) is 14.2. The first-order valence-electron chi connectivity index (χ1n) is 6.57. The molecule has 1 aromatic heterocycles. The Labute approximate surface area is 119 Å². The zero-order valence-electron chi connectivity index (χ0n) is 12.7. The Hall–Kier alpha value is -2.17. The third-order valence-corrected chi connectivity index (χ3v) is 3.28. The predicted molar refractivity (Wildman–Crippen MR) is 84.8 cm³/mol. The van der Waals surface area contributed by atoms with E-state index in [1.54, 1.807) is 14.1 Å². The average molecular weight is 271 g/mol. The lowest BCUT2D eigenvalue weighted by atomic mass is 9.87. The van der Waals surface area contributed by atoms with Crippen LogP contribution in [0.15, 0.2) is 28.2 Å². The summed E-state index contributed by atoms with van der Waals surface area (Å²) in [6.07, 6.45) is 0. The number of aliphatic imine (C=N–C) groups is 2. The van der Waals surface area contributed by atoms with Crippen molar-refractivity contribution >= 4 is 22.6 Å². The summed E-state index contributed by atoms with van der Waals surface area (Å²) in [4.78, 5) is 15.9. The summed E-state index contributed by atoms with van der Waals surface area (Å²) in [6.45, 7) is 6.55. The summed E-state index contributed by atoms with van der Waals surface area (Å²) in [6, 6.07) is 6.26. The lowest BCUT2D eigenvalue weighted by Crippen LogP contribution is -2.25. The van der Waals surface area contributed by atoms with Crippen LogP contribution in [0.2, 0.25) is 0 Å². The molecule has 106 valence electrons. The molecule has 0 fully saturated rings. The molecule has 1 heterocycles. The molecular weight excluding hydrogens is 250 g/mol. The first-order valence-corrected chi connectivity index (χ1v) is 6.57. The molecule has 5 nitrogen and oxygen atoms in total. The number of imidazole rings is 1. The number of aromatic amines is 1. The molecule has 1 aromatic carbocycles. The molecule has 5 heteroatoms. The Morgan fingerprint density at radius 1 is 1.20 bits per heavy atom. The van der Waals surface area contributed by atoms with Crippen LogP contribution < -0.4 is 5.73 Å². The van der Waals surface area contributed by atoms with E-state index in [0.29, 0.717) is 17.4 Å². The zero-order valence-corrected chi connectivity index (χ0v) is 12.7. The Morgan fingerprint density at radius 2 is 1.90 bits per heavy atom. The minimum absolute atomic E-state index is 0.0961. The Bertz CT molecular complexity index is 686. The van der Waals surface area contributed by atoms with E-state index in [0.717, 1.165) is 11.0 Å². The van der Waals surface area contributed by atoms with Crippen LogP contribution in [-0.4, -0.2) is 35.6 Å². The van der Waals surface area contributed by atoms with E-state index in [9.17, 15) is 0 Å². The molecule has 20 heavy (non-hydrogen) atoms. The molecule has 0 aliphatic carbocycles. The number of fused-ring (bicyclic) bond motifs is 1. The van der Waals surface area contributed by atoms with Crippen molar-refractivity contribution < 1.29 is 0 Å². The molecule has 3 N–H and O–H groups in total. The van der Waals surface area contributed by atoms with E-state index in [2.05, 4.69) is 52.9 Å². The number of hydrogen-bond acceptors (Lipinski definition) is 3. The number of nitrogens with one attached hydrogen (secondary N) is 1. The number of nitrogens with zero attached hydrogens (tertiary/aromatic N) is 3. The fraction of sp³-hybridized carbons (Fsp3) is 0.400. The molecule has 2 aromatic rings. The zero-order chi connectivity index (χ0) is 14.9. The highest BCUT2D eigenvalue weighted by atomic mass is 15.0. The van der Waals surface area contributed by atoms with Gasteiger partial charge < -0.3 is 10.7 Å². The fourth-order valence-corrected chi connectivity index (χ4v) is 2.03. The third kappa shape index (κ3) is 2.57. The minimum Gasteiger partial charge on any atom is -0.382 e. The third-order valence-electron chi connectivity index (χ3n) is 3.28. The standard InChI is InChI=1S/C15H21N5/c1-15(2,3)9-6-7-10-11(8-9)20-14(19-10)12(17-4)13(16)18-5/h6-8H,1-5H3,(H2,16,18)(H,19,20)/b17-12+. The van der Waals surface area contributed by atoms with Gasteiger partial charge in [-0.3, -0.25) is 9.98 Å². The van der Waals surface area contributed by atoms with Gasteiger partial charge in [0.25, 0.3) is 0 Å². The molecule has 0 spiro atoms. The number of H-pyrrole nitrogens is 1. The maximum absolute atomic E-state index is 5.84. The second kappa shape index (κ2) is 5.07. The summed E-state index contributed by atoms with van der Waals surface area (Å²) in [5, 5.41) is 0. The summed E-state index contributed by atoms with van der Waals surface area (Å²) < 4.78 is 0. The maximum atomic E-state index is 5.84. The number of hydrogen-bond donors (Lipinski definition) is 2. The normalized spacial score (nSPS) is 14.1. The molecule has 0 amide bonds. The number of amidine groups is 1. The van der Waals surface area contributed by atoms with Gasteiger partial charge in [0, 0.05) is 14.1 Å². The summed E-state index contributed by atoms with van der Waals surface area (Å²) in [5.74, 6) is 1.03. The summed E-state index contributed by atoms with van der Waals surface area (Å²) in [7, 11) is 3.32. The van der Waals surface area contributed by atoms with Crippen LogP contribution >= 0.6 is 0 Å². The second-order valence-corrected chi connectivity index (χ2v) is 5.75. The van der Waals surface area contributed by atoms with Crippen molar-refractivity contribution in [3.63, 3.8) is 0 Å². The van der Waals surface area contributed by atoms with Gasteiger partial charge in [0.2, 0.25) is 0 Å². The molecule has 0 unspecified atom stereocenters. The average Bonchev–Trinajstić information content (AvgIpc) is 2.80. The van der Waals surface area contributed by atoms with Gasteiger partial charge in [-0.1, -0.05) is 26.8 Å². The van der Waals surface area contributed by atoms with Gasteiger partial charge in [-0.05, 0) is 23.1 Å². The number of aromatic nitrogens is 2. The highest BCUT2D eigenvalue weighted by molar-refractivity contribution is 6.46. The van der Waals surface area contributed by atoms with Gasteiger partial charge >= 0.3 is 0 Å². The molecule has 0 aliphatic heterocycles. The van der Waals surface area contributed by atoms with Crippen LogP contribution in [0.25, 0.3) is 11.0 Å². The van der Waals surface area contributed by atoms with Crippen LogP contribution in [0.5, 0.6) is 0 Å². The fourth-order valence-electron chi connectivity index (χ4n) is 2.03. The Balaban J connectivity index is 2.55. The summed E-state index contributed by atoms with van der Waals surface area (Å²) in [5.41, 5.74) is 9.65. The number of benzene rings is 1. The van der Waals surface area contributed by atoms with Crippen molar-refractivity contribution in [1.29, 1.82) is 0 Å². The van der Waals surface area contributed by atoms with E-state index in [1.807, 2.05) is 6.07 Å². The number of rotatable bonds is 2. The predicted octanol–water partition coefficient (Wildman–Crippen LogP) is 2.27. The van der Waals surface area contributed by atoms with Crippen LogP contribution in [0, 0.1) is 0 Å². The van der Waals surface area contributed by atoms with Crippen LogP contribution in [0.3, 0.4) is 0 Å². The Kier molecular flexibility index (Phi) is 3.61. The largest absolute Gasteiger partial charge is 0.382 e. The van der Waals surface area contributed by atoms with Gasteiger partial charge in [0.1, 0.15) is 11.5 Å². The molecule has 0 saturated heterocycles. The molecule has 0 radical (unpaired) electrons. The SMILES string of the molecule is C/N=C(N)\C(=N/C)c1nc2cc(C(C)(C)C)ccc2[nH]1. The first-order chi connectivity index (χ1) is 9.36. The van der Waals surface area contributed by atoms with Crippen LogP contribution in [-0.2, 0) is 5.41 Å². The molecule has 0 aliphatic rings.